The Labute approximate surface area is 283 Å². The van der Waals surface area contributed by atoms with Gasteiger partial charge in [-0.3, -0.25) is 9.69 Å². The van der Waals surface area contributed by atoms with Crippen LogP contribution in [0, 0.1) is 17.6 Å². The quantitative estimate of drug-likeness (QED) is 0.101. The van der Waals surface area contributed by atoms with Crippen LogP contribution >= 0.6 is 0 Å². The lowest BCUT2D eigenvalue weighted by molar-refractivity contribution is -0.150. The predicted molar refractivity (Wildman–Crippen MR) is 177 cm³/mol. The van der Waals surface area contributed by atoms with Crippen molar-refractivity contribution >= 4 is 22.8 Å². The normalized spacial score (nSPS) is 16.7. The van der Waals surface area contributed by atoms with E-state index in [0.717, 1.165) is 34.2 Å². The zero-order valence-electron chi connectivity index (χ0n) is 27.7. The lowest BCUT2D eigenvalue weighted by atomic mass is 9.87. The van der Waals surface area contributed by atoms with Gasteiger partial charge in [-0.15, -0.1) is 0 Å². The van der Waals surface area contributed by atoms with Crippen LogP contribution in [-0.4, -0.2) is 85.8 Å². The summed E-state index contributed by atoms with van der Waals surface area (Å²) < 4.78 is 58.6. The first-order chi connectivity index (χ1) is 23.7. The minimum absolute atomic E-state index is 0.0178. The molecule has 1 aliphatic rings. The maximum atomic E-state index is 15.8. The second-order valence-electron chi connectivity index (χ2n) is 12.0. The summed E-state index contributed by atoms with van der Waals surface area (Å²) in [6.45, 7) is 4.93. The van der Waals surface area contributed by atoms with Crippen LogP contribution in [0.25, 0.3) is 10.9 Å². The molecule has 0 radical (unpaired) electrons. The number of H-pyrrole nitrogens is 1. The van der Waals surface area contributed by atoms with E-state index >= 15 is 8.78 Å². The van der Waals surface area contributed by atoms with Crippen molar-refractivity contribution in [1.82, 2.24) is 9.88 Å². The number of ether oxygens (including phenoxy) is 5. The average Bonchev–Trinajstić information content (AvgIpc) is 3.45. The Morgan fingerprint density at radius 3 is 2.24 bits per heavy atom. The van der Waals surface area contributed by atoms with Crippen molar-refractivity contribution < 1.29 is 47.2 Å². The lowest BCUT2D eigenvalue weighted by Crippen LogP contribution is -2.46. The number of benzene rings is 3. The third-order valence-corrected chi connectivity index (χ3v) is 8.45. The molecule has 3 atom stereocenters. The number of hydrogen-bond donors (Lipinski definition) is 2. The smallest absolute Gasteiger partial charge is 0.332 e. The molecule has 0 saturated carbocycles. The first kappa shape index (κ1) is 35.9. The Bertz CT molecular complexity index is 1680. The van der Waals surface area contributed by atoms with Crippen molar-refractivity contribution in [3.8, 4) is 5.75 Å². The van der Waals surface area contributed by atoms with Gasteiger partial charge in [0.2, 0.25) is 0 Å². The molecule has 1 aromatic heterocycles. The van der Waals surface area contributed by atoms with Gasteiger partial charge in [0.05, 0.1) is 45.0 Å². The summed E-state index contributed by atoms with van der Waals surface area (Å²) in [7, 11) is 0. The fourth-order valence-corrected chi connectivity index (χ4v) is 6.00. The van der Waals surface area contributed by atoms with Crippen LogP contribution in [0.1, 0.15) is 42.3 Å². The van der Waals surface area contributed by atoms with Crippen LogP contribution in [0.15, 0.2) is 66.7 Å². The van der Waals surface area contributed by atoms with Crippen LogP contribution in [0.3, 0.4) is 0 Å². The van der Waals surface area contributed by atoms with Gasteiger partial charge in [0, 0.05) is 46.9 Å². The number of aliphatic carboxylic acids is 1. The van der Waals surface area contributed by atoms with E-state index in [2.05, 4.69) is 4.98 Å². The highest BCUT2D eigenvalue weighted by Crippen LogP contribution is 2.43. The van der Waals surface area contributed by atoms with E-state index in [1.165, 1.54) is 0 Å². The monoisotopic (exact) mass is 680 g/mol. The number of halogens is 2. The predicted octanol–water partition coefficient (Wildman–Crippen LogP) is 5.67. The number of carboxylic acid groups (broad SMARTS) is 1. The maximum Gasteiger partial charge on any atom is 0.332 e. The second-order valence-corrected chi connectivity index (χ2v) is 12.0. The van der Waals surface area contributed by atoms with Gasteiger partial charge in [-0.1, -0.05) is 55.5 Å². The number of carboxylic acids is 1. The molecule has 4 aromatic rings. The molecule has 0 fully saturated rings. The summed E-state index contributed by atoms with van der Waals surface area (Å²) in [5, 5.41) is 10.6. The summed E-state index contributed by atoms with van der Waals surface area (Å²) in [5.41, 5.74) is 3.22. The molecule has 10 nitrogen and oxygen atoms in total. The molecule has 0 bridgehead atoms. The Balaban J connectivity index is 1.08. The number of fused-ring (bicyclic) bond motifs is 3. The van der Waals surface area contributed by atoms with Gasteiger partial charge in [0.1, 0.15) is 37.2 Å². The van der Waals surface area contributed by atoms with Crippen molar-refractivity contribution in [1.29, 1.82) is 0 Å². The average molecular weight is 681 g/mol. The number of carbonyl (C=O) groups is 2. The van der Waals surface area contributed by atoms with Crippen molar-refractivity contribution in [2.24, 2.45) is 5.92 Å². The number of para-hydroxylation sites is 1. The van der Waals surface area contributed by atoms with Crippen LogP contribution in [0.5, 0.6) is 5.75 Å². The van der Waals surface area contributed by atoms with Gasteiger partial charge in [-0.2, -0.15) is 0 Å². The molecule has 0 amide bonds. The number of rotatable bonds is 18. The molecule has 12 heteroatoms. The Morgan fingerprint density at radius 2 is 1.55 bits per heavy atom. The molecular formula is C37H42F2N2O8. The van der Waals surface area contributed by atoms with Crippen molar-refractivity contribution in [2.75, 3.05) is 52.8 Å². The highest BCUT2D eigenvalue weighted by molar-refractivity contribution is 5.85. The summed E-state index contributed by atoms with van der Waals surface area (Å²) >= 11 is 0. The van der Waals surface area contributed by atoms with E-state index in [9.17, 15) is 14.7 Å². The number of hydrogen-bond acceptors (Lipinski definition) is 8. The van der Waals surface area contributed by atoms with Gasteiger partial charge in [0.15, 0.2) is 0 Å². The van der Waals surface area contributed by atoms with E-state index in [0.29, 0.717) is 12.1 Å². The first-order valence-corrected chi connectivity index (χ1v) is 16.4. The van der Waals surface area contributed by atoms with Gasteiger partial charge in [-0.25, -0.2) is 13.6 Å². The fourth-order valence-electron chi connectivity index (χ4n) is 6.00. The molecule has 1 unspecified atom stereocenters. The van der Waals surface area contributed by atoms with Crippen LogP contribution < -0.4 is 4.74 Å². The highest BCUT2D eigenvalue weighted by atomic mass is 19.1. The summed E-state index contributed by atoms with van der Waals surface area (Å²) in [6.07, 6.45) is 0.609. The first-order valence-electron chi connectivity index (χ1n) is 16.4. The van der Waals surface area contributed by atoms with Crippen molar-refractivity contribution in [3.05, 3.63) is 101 Å². The number of aromatic amines is 1. The van der Waals surface area contributed by atoms with Crippen molar-refractivity contribution in [2.45, 2.75) is 39.0 Å². The molecule has 5 rings (SSSR count). The Hall–Kier alpha value is -4.36. The molecule has 0 spiro atoms. The zero-order valence-corrected chi connectivity index (χ0v) is 27.7. The Kier molecular flexibility index (Phi) is 12.7. The van der Waals surface area contributed by atoms with Gasteiger partial charge in [-0.05, 0) is 30.5 Å². The fraction of sp³-hybridized carbons (Fsp3) is 0.405. The molecule has 1 aliphatic heterocycles. The van der Waals surface area contributed by atoms with Crippen LogP contribution in [0.4, 0.5) is 8.78 Å². The molecule has 262 valence electrons. The van der Waals surface area contributed by atoms with Gasteiger partial charge in [0.25, 0.3) is 0 Å². The number of nitrogens with zero attached hydrogens (tertiary/aromatic N) is 1. The third-order valence-electron chi connectivity index (χ3n) is 8.45. The molecular weight excluding hydrogens is 638 g/mol. The SMILES string of the molecule is CC(CN1[C@H](c2c(F)cc(OCCOCCOCCOCC(=O)OCc3ccccc3)cc2F)c2[nH]c3ccccc3c2C[C@H]1C)C(=O)O. The van der Waals surface area contributed by atoms with E-state index in [1.807, 2.05) is 66.4 Å². The minimum Gasteiger partial charge on any atom is -0.491 e. The second kappa shape index (κ2) is 17.3. The molecule has 0 saturated heterocycles. The lowest BCUT2D eigenvalue weighted by Gasteiger charge is -2.42. The highest BCUT2D eigenvalue weighted by Gasteiger charge is 2.40. The van der Waals surface area contributed by atoms with Crippen LogP contribution in [0.2, 0.25) is 0 Å². The minimum atomic E-state index is -0.977. The van der Waals surface area contributed by atoms with E-state index in [1.54, 1.807) is 6.92 Å². The Morgan fingerprint density at radius 1 is 0.918 bits per heavy atom. The molecule has 2 N–H and O–H groups in total. The number of nitrogens with one attached hydrogen (secondary N) is 1. The van der Waals surface area contributed by atoms with Gasteiger partial charge >= 0.3 is 11.9 Å². The summed E-state index contributed by atoms with van der Waals surface area (Å²) in [6, 6.07) is 18.3. The summed E-state index contributed by atoms with van der Waals surface area (Å²) in [4.78, 5) is 28.7. The maximum absolute atomic E-state index is 15.8. The summed E-state index contributed by atoms with van der Waals surface area (Å²) in [5.74, 6) is -3.73. The number of carbonyl (C=O) groups excluding carboxylic acids is 1. The van der Waals surface area contributed by atoms with Crippen LogP contribution in [-0.2, 0) is 41.6 Å². The molecule has 2 heterocycles. The number of esters is 1. The van der Waals surface area contributed by atoms with Gasteiger partial charge < -0.3 is 33.8 Å². The van der Waals surface area contributed by atoms with E-state index in [-0.39, 0.29) is 76.8 Å². The number of aromatic nitrogens is 1. The van der Waals surface area contributed by atoms with Crippen molar-refractivity contribution in [3.63, 3.8) is 0 Å². The zero-order chi connectivity index (χ0) is 34.8. The topological polar surface area (TPSA) is 120 Å². The third kappa shape index (κ3) is 9.42. The molecule has 0 aliphatic carbocycles. The standard InChI is InChI=1S/C37H42F2N2O8/c1-24(37(43)44)21-41-25(2)18-29-28-10-6-7-11-32(28)40-35(29)36(41)34-30(38)19-27(20-31(34)39)48-17-16-46-13-12-45-14-15-47-23-33(42)49-22-26-8-4-3-5-9-26/h3-11,19-20,24-25,36,40H,12-18,21-23H2,1-2H3,(H,43,44)/t24?,25-,36-/m1/s1. The molecule has 3 aromatic carbocycles. The largest absolute Gasteiger partial charge is 0.491 e. The van der Waals surface area contributed by atoms with E-state index < -0.39 is 35.5 Å². The van der Waals surface area contributed by atoms with E-state index in [4.69, 9.17) is 23.7 Å². The molecule has 49 heavy (non-hydrogen) atoms.